The number of pyridine rings is 1. The average Bonchev–Trinajstić information content (AvgIpc) is 2.05. The summed E-state index contributed by atoms with van der Waals surface area (Å²) in [6.07, 6.45) is 0.939. The van der Waals surface area contributed by atoms with Crippen LogP contribution in [0.15, 0.2) is 16.9 Å². The molecule has 2 heterocycles. The van der Waals surface area contributed by atoms with Gasteiger partial charge in [-0.3, -0.25) is 9.46 Å². The van der Waals surface area contributed by atoms with E-state index in [4.69, 9.17) is 0 Å². The van der Waals surface area contributed by atoms with Gasteiger partial charge >= 0.3 is 0 Å². The van der Waals surface area contributed by atoms with Crippen LogP contribution < -0.4 is 5.56 Å². The predicted molar refractivity (Wildman–Crippen MR) is 50.9 cm³/mol. The Balaban J connectivity index is 2.43. The number of aromatic nitrogens is 1. The summed E-state index contributed by atoms with van der Waals surface area (Å²) < 4.78 is 2.17. The van der Waals surface area contributed by atoms with Crippen LogP contribution in [-0.4, -0.2) is 16.2 Å². The van der Waals surface area contributed by atoms with Gasteiger partial charge in [0, 0.05) is 31.3 Å². The fourth-order valence-corrected chi connectivity index (χ4v) is 1.80. The highest BCUT2D eigenvalue weighted by Gasteiger charge is 2.12. The van der Waals surface area contributed by atoms with Crippen LogP contribution in [0, 0.1) is 0 Å². The number of aromatic amines is 1. The third-order valence-corrected chi connectivity index (χ3v) is 2.56. The van der Waals surface area contributed by atoms with Crippen LogP contribution in [0.3, 0.4) is 0 Å². The zero-order valence-electron chi connectivity index (χ0n) is 6.71. The molecule has 1 aromatic heterocycles. The quantitative estimate of drug-likeness (QED) is 0.594. The van der Waals surface area contributed by atoms with Crippen molar-refractivity contribution in [1.82, 2.24) is 9.65 Å². The van der Waals surface area contributed by atoms with Gasteiger partial charge in [-0.1, -0.05) is 15.5 Å². The van der Waals surface area contributed by atoms with Crippen LogP contribution in [0.25, 0.3) is 0 Å². The Hall–Kier alpha value is -0.660. The molecule has 0 fully saturated rings. The van der Waals surface area contributed by atoms with Gasteiger partial charge in [-0.25, -0.2) is 0 Å². The van der Waals surface area contributed by atoms with E-state index in [2.05, 4.69) is 19.0 Å². The van der Waals surface area contributed by atoms with Gasteiger partial charge in [0.2, 0.25) is 5.56 Å². The van der Waals surface area contributed by atoms with E-state index in [-0.39, 0.29) is 5.56 Å². The lowest BCUT2D eigenvalue weighted by molar-refractivity contribution is 0.437. The van der Waals surface area contributed by atoms with Crippen molar-refractivity contribution < 1.29 is 0 Å². The fraction of sp³-hybridized carbons (Fsp3) is 0.375. The van der Waals surface area contributed by atoms with Crippen molar-refractivity contribution in [1.29, 1.82) is 0 Å². The van der Waals surface area contributed by atoms with Crippen LogP contribution >= 0.6 is 9.39 Å². The summed E-state index contributed by atoms with van der Waals surface area (Å²) in [7, 11) is 2.68. The SMILES string of the molecule is O=c1ccc2c([nH]1)CCN(P)C2. The van der Waals surface area contributed by atoms with E-state index in [9.17, 15) is 4.79 Å². The molecule has 1 aromatic rings. The van der Waals surface area contributed by atoms with Gasteiger partial charge in [0.05, 0.1) is 0 Å². The smallest absolute Gasteiger partial charge is 0.248 e. The summed E-state index contributed by atoms with van der Waals surface area (Å²) in [5.41, 5.74) is 2.34. The minimum absolute atomic E-state index is 0.00551. The Labute approximate surface area is 73.0 Å². The second-order valence-corrected chi connectivity index (χ2v) is 3.78. The molecule has 4 heteroatoms. The first-order chi connectivity index (χ1) is 5.75. The number of H-pyrrole nitrogens is 1. The molecule has 0 saturated heterocycles. The van der Waals surface area contributed by atoms with E-state index in [1.54, 1.807) is 6.07 Å². The summed E-state index contributed by atoms with van der Waals surface area (Å²) in [6.45, 7) is 1.91. The number of hydrogen-bond donors (Lipinski definition) is 1. The van der Waals surface area contributed by atoms with E-state index in [1.165, 1.54) is 5.56 Å². The highest BCUT2D eigenvalue weighted by atomic mass is 31.0. The van der Waals surface area contributed by atoms with Crippen molar-refractivity contribution in [2.75, 3.05) is 6.54 Å². The molecule has 0 amide bonds. The second kappa shape index (κ2) is 3.00. The Bertz CT molecular complexity index is 347. The fourth-order valence-electron chi connectivity index (χ4n) is 1.47. The maximum atomic E-state index is 10.9. The summed E-state index contributed by atoms with van der Waals surface area (Å²) >= 11 is 0. The van der Waals surface area contributed by atoms with E-state index in [0.717, 1.165) is 25.2 Å². The number of fused-ring (bicyclic) bond motifs is 1. The van der Waals surface area contributed by atoms with E-state index >= 15 is 0 Å². The molecule has 3 nitrogen and oxygen atoms in total. The van der Waals surface area contributed by atoms with Gasteiger partial charge in [-0.05, 0) is 5.56 Å². The molecule has 0 spiro atoms. The Kier molecular flexibility index (Phi) is 1.99. The molecule has 0 saturated carbocycles. The topological polar surface area (TPSA) is 36.1 Å². The van der Waals surface area contributed by atoms with Gasteiger partial charge in [-0.2, -0.15) is 0 Å². The zero-order valence-corrected chi connectivity index (χ0v) is 7.86. The molecule has 0 aromatic carbocycles. The standard InChI is InChI=1S/C8H11N2OP/c11-8-2-1-6-5-10(12)4-3-7(6)9-8/h1-2H,3-5,12H2,(H,9,11). The van der Waals surface area contributed by atoms with Crippen molar-refractivity contribution in [3.05, 3.63) is 33.7 Å². The van der Waals surface area contributed by atoms with Crippen molar-refractivity contribution in [3.8, 4) is 0 Å². The van der Waals surface area contributed by atoms with Crippen molar-refractivity contribution >= 4 is 9.39 Å². The van der Waals surface area contributed by atoms with Crippen molar-refractivity contribution in [2.45, 2.75) is 13.0 Å². The molecule has 1 aliphatic heterocycles. The Morgan fingerprint density at radius 2 is 2.33 bits per heavy atom. The molecule has 1 atom stereocenters. The average molecular weight is 182 g/mol. The lowest BCUT2D eigenvalue weighted by atomic mass is 10.1. The van der Waals surface area contributed by atoms with Gasteiger partial charge in [0.15, 0.2) is 0 Å². The first-order valence-electron chi connectivity index (χ1n) is 3.96. The highest BCUT2D eigenvalue weighted by molar-refractivity contribution is 7.13. The van der Waals surface area contributed by atoms with E-state index < -0.39 is 0 Å². The Morgan fingerprint density at radius 3 is 3.17 bits per heavy atom. The molecule has 64 valence electrons. The van der Waals surface area contributed by atoms with Gasteiger partial charge in [0.1, 0.15) is 0 Å². The van der Waals surface area contributed by atoms with Gasteiger partial charge in [-0.15, -0.1) is 0 Å². The summed E-state index contributed by atoms with van der Waals surface area (Å²) in [5.74, 6) is 0. The van der Waals surface area contributed by atoms with Crippen molar-refractivity contribution in [2.24, 2.45) is 0 Å². The molecule has 0 bridgehead atoms. The molecule has 0 aliphatic carbocycles. The summed E-state index contributed by atoms with van der Waals surface area (Å²) in [5, 5.41) is 0. The lowest BCUT2D eigenvalue weighted by Crippen LogP contribution is -2.25. The molecule has 1 N–H and O–H groups in total. The maximum absolute atomic E-state index is 10.9. The second-order valence-electron chi connectivity index (χ2n) is 3.05. The molecular weight excluding hydrogens is 171 g/mol. The molecule has 2 rings (SSSR count). The molecule has 1 aliphatic rings. The van der Waals surface area contributed by atoms with Crippen LogP contribution in [0.1, 0.15) is 11.3 Å². The maximum Gasteiger partial charge on any atom is 0.248 e. The van der Waals surface area contributed by atoms with E-state index in [1.807, 2.05) is 6.07 Å². The third kappa shape index (κ3) is 1.43. The van der Waals surface area contributed by atoms with E-state index in [0.29, 0.717) is 0 Å². The normalized spacial score (nSPS) is 17.4. The summed E-state index contributed by atoms with van der Waals surface area (Å²) in [6, 6.07) is 3.49. The number of nitrogens with one attached hydrogen (secondary N) is 1. The van der Waals surface area contributed by atoms with Crippen LogP contribution in [-0.2, 0) is 13.0 Å². The highest BCUT2D eigenvalue weighted by Crippen LogP contribution is 2.17. The third-order valence-electron chi connectivity index (χ3n) is 2.12. The minimum atomic E-state index is 0.00551. The summed E-state index contributed by atoms with van der Waals surface area (Å²) in [4.78, 5) is 13.8. The number of hydrogen-bond acceptors (Lipinski definition) is 2. The van der Waals surface area contributed by atoms with Crippen molar-refractivity contribution in [3.63, 3.8) is 0 Å². The lowest BCUT2D eigenvalue weighted by Gasteiger charge is -2.23. The largest absolute Gasteiger partial charge is 0.326 e. The first-order valence-corrected chi connectivity index (χ1v) is 4.48. The zero-order chi connectivity index (χ0) is 8.55. The number of rotatable bonds is 0. The molecular formula is C8H11N2OP. The van der Waals surface area contributed by atoms with Gasteiger partial charge < -0.3 is 4.98 Å². The minimum Gasteiger partial charge on any atom is -0.326 e. The van der Waals surface area contributed by atoms with Crippen LogP contribution in [0.5, 0.6) is 0 Å². The van der Waals surface area contributed by atoms with Gasteiger partial charge in [0.25, 0.3) is 0 Å². The monoisotopic (exact) mass is 182 g/mol. The number of nitrogens with zero attached hydrogens (tertiary/aromatic N) is 1. The molecule has 1 unspecified atom stereocenters. The van der Waals surface area contributed by atoms with Crippen LogP contribution in [0.2, 0.25) is 0 Å². The molecule has 12 heavy (non-hydrogen) atoms. The molecule has 0 radical (unpaired) electrons. The predicted octanol–water partition coefficient (Wildman–Crippen LogP) is 0.523. The van der Waals surface area contributed by atoms with Crippen LogP contribution in [0.4, 0.5) is 0 Å². The first kappa shape index (κ1) is 7.96. The Morgan fingerprint density at radius 1 is 1.50 bits per heavy atom.